The molecular weight excluding hydrogens is 473 g/mol. The summed E-state index contributed by atoms with van der Waals surface area (Å²) in [4.78, 5) is 12.1. The molecule has 0 bridgehead atoms. The van der Waals surface area contributed by atoms with Crippen LogP contribution in [-0.4, -0.2) is 24.4 Å². The van der Waals surface area contributed by atoms with E-state index < -0.39 is 21.9 Å². The Balaban J connectivity index is 1.40. The van der Waals surface area contributed by atoms with E-state index in [4.69, 9.17) is 12.3 Å². The first-order valence-corrected chi connectivity index (χ1v) is 10.3. The van der Waals surface area contributed by atoms with Crippen molar-refractivity contribution < 1.29 is 39.0 Å². The molecule has 28 heavy (non-hydrogen) atoms. The summed E-state index contributed by atoms with van der Waals surface area (Å²) in [6, 6.07) is 18.5. The predicted octanol–water partition coefficient (Wildman–Crippen LogP) is 0.168. The number of amides is 1. The van der Waals surface area contributed by atoms with Crippen molar-refractivity contribution in [2.75, 3.05) is 7.11 Å². The van der Waals surface area contributed by atoms with Gasteiger partial charge in [-0.05, 0) is 0 Å². The van der Waals surface area contributed by atoms with Gasteiger partial charge >= 0.3 is 162 Å². The van der Waals surface area contributed by atoms with Crippen molar-refractivity contribution in [3.8, 4) is 5.75 Å². The third kappa shape index (κ3) is 6.17. The fourth-order valence-corrected chi connectivity index (χ4v) is 3.30. The monoisotopic (exact) mass is 492 g/mol. The summed E-state index contributed by atoms with van der Waals surface area (Å²) in [6.45, 7) is 0.578. The van der Waals surface area contributed by atoms with E-state index in [1.165, 1.54) is 0 Å². The Morgan fingerprint density at radius 1 is 1.21 bits per heavy atom. The summed E-state index contributed by atoms with van der Waals surface area (Å²) in [7, 11) is 1.58. The van der Waals surface area contributed by atoms with Crippen LogP contribution in [0.3, 0.4) is 0 Å². The summed E-state index contributed by atoms with van der Waals surface area (Å²) in [6.07, 6.45) is 1.80. The first kappa shape index (κ1) is 20.0. The molecule has 0 saturated heterocycles. The third-order valence-electron chi connectivity index (χ3n) is 3.67. The van der Waals surface area contributed by atoms with Crippen LogP contribution in [0, 0.1) is 0 Å². The number of carbonyl (C=O) groups excluding carboxylic acids is 1. The molecule has 1 amide bonds. The van der Waals surface area contributed by atoms with Gasteiger partial charge in [-0.2, -0.15) is 0 Å². The number of nitrogens with one attached hydrogen (secondary N) is 1. The van der Waals surface area contributed by atoms with E-state index >= 15 is 0 Å². The molecule has 1 heterocycles. The molecule has 146 valence electrons. The molecule has 0 aliphatic rings. The van der Waals surface area contributed by atoms with Gasteiger partial charge in [0.15, 0.2) is 0 Å². The third-order valence-corrected chi connectivity index (χ3v) is 4.77. The Bertz CT molecular complexity index is 911. The maximum atomic E-state index is 12.1. The minimum atomic E-state index is -0.764. The van der Waals surface area contributed by atoms with E-state index in [1.54, 1.807) is 43.7 Å². The first-order valence-electron chi connectivity index (χ1n) is 8.46. The Morgan fingerprint density at radius 3 is 2.75 bits per heavy atom. The van der Waals surface area contributed by atoms with Crippen LogP contribution in [-0.2, 0) is 16.2 Å². The van der Waals surface area contributed by atoms with Gasteiger partial charge in [-0.15, -0.1) is 0 Å². The van der Waals surface area contributed by atoms with Gasteiger partial charge in [-0.1, -0.05) is 0 Å². The topological polar surface area (TPSA) is 86.0 Å². The number of halogens is 1. The molecule has 2 aromatic carbocycles. The number of aromatic nitrogens is 1. The Hall–Kier alpha value is -2.72. The summed E-state index contributed by atoms with van der Waals surface area (Å²) in [5.41, 5.74) is 2.26. The van der Waals surface area contributed by atoms with Crippen LogP contribution >= 0.6 is 0 Å². The van der Waals surface area contributed by atoms with Crippen LogP contribution < -0.4 is 31.9 Å². The molecule has 0 aliphatic heterocycles. The van der Waals surface area contributed by atoms with Crippen molar-refractivity contribution in [3.63, 3.8) is 0 Å². The number of methoxy groups -OCH3 is 1. The summed E-state index contributed by atoms with van der Waals surface area (Å²) in [5.74, 6) is 1.07. The van der Waals surface area contributed by atoms with Gasteiger partial charge in [0, 0.05) is 0 Å². The van der Waals surface area contributed by atoms with Crippen LogP contribution in [0.15, 0.2) is 68.4 Å². The van der Waals surface area contributed by atoms with Crippen LogP contribution in [0.5, 0.6) is 5.75 Å². The molecule has 8 heteroatoms. The zero-order valence-electron chi connectivity index (χ0n) is 15.2. The van der Waals surface area contributed by atoms with Crippen LogP contribution in [0.2, 0.25) is 0 Å². The average Bonchev–Trinajstić information content (AvgIpc) is 3.20. The molecule has 0 radical (unpaired) electrons. The second-order valence-corrected chi connectivity index (χ2v) is 7.23. The number of ether oxygens (including phenoxy) is 1. The fraction of sp³-hybridized carbons (Fsp3) is 0.150. The minimum absolute atomic E-state index is 0.196. The van der Waals surface area contributed by atoms with Gasteiger partial charge in [0.1, 0.15) is 0 Å². The molecule has 0 spiro atoms. The summed E-state index contributed by atoms with van der Waals surface area (Å²) < 4.78 is 20.2. The van der Waals surface area contributed by atoms with Gasteiger partial charge in [-0.3, -0.25) is 0 Å². The van der Waals surface area contributed by atoms with Gasteiger partial charge in [0.05, 0.1) is 7.11 Å². The fourth-order valence-electron chi connectivity index (χ4n) is 2.24. The van der Waals surface area contributed by atoms with Crippen molar-refractivity contribution in [1.82, 2.24) is 10.5 Å². The molecule has 7 nitrogen and oxygen atoms in total. The van der Waals surface area contributed by atoms with Crippen LogP contribution in [0.1, 0.15) is 27.4 Å². The van der Waals surface area contributed by atoms with E-state index in [9.17, 15) is 4.79 Å². The number of carbonyl (C=O) groups is 1. The Labute approximate surface area is 173 Å². The second-order valence-electron chi connectivity index (χ2n) is 5.66. The quantitative estimate of drug-likeness (QED) is 0.262. The molecule has 0 aliphatic carbocycles. The molecule has 0 fully saturated rings. The molecule has 0 saturated carbocycles. The van der Waals surface area contributed by atoms with Crippen molar-refractivity contribution >= 4 is 12.1 Å². The van der Waals surface area contributed by atoms with Crippen LogP contribution in [0.4, 0.5) is 0 Å². The first-order chi connectivity index (χ1) is 13.7. The standard InChI is InChI=1S/C20H19IN3O4/c1-26-18-9-7-16(8-10-18)20(25)22-13-19-11-17(24-28-19)14-27-21-23-12-15-5-3-2-4-6-15/h2-12H,13-14H2,1H3,(H,22,25)/q-1. The van der Waals surface area contributed by atoms with E-state index in [0.29, 0.717) is 29.4 Å². The number of rotatable bonds is 9. The van der Waals surface area contributed by atoms with E-state index in [1.807, 2.05) is 30.3 Å². The molecule has 0 unspecified atom stereocenters. The summed E-state index contributed by atoms with van der Waals surface area (Å²) in [5, 5.41) is 6.73. The zero-order chi connectivity index (χ0) is 19.6. The van der Waals surface area contributed by atoms with Gasteiger partial charge in [0.25, 0.3) is 0 Å². The number of hydrogen-bond donors (Lipinski definition) is 1. The molecule has 3 rings (SSSR count). The van der Waals surface area contributed by atoms with Crippen molar-refractivity contribution in [2.24, 2.45) is 3.21 Å². The van der Waals surface area contributed by atoms with E-state index in [2.05, 4.69) is 13.7 Å². The molecule has 3 aromatic rings. The van der Waals surface area contributed by atoms with Gasteiger partial charge in [-0.25, -0.2) is 0 Å². The molecule has 1 aromatic heterocycles. The Morgan fingerprint density at radius 2 is 2.00 bits per heavy atom. The SMILES string of the molecule is COc1ccc(C(=O)NCc2cc(CO[I-]N=Cc3ccccc3)no2)cc1. The van der Waals surface area contributed by atoms with Gasteiger partial charge < -0.3 is 4.74 Å². The molecule has 0 atom stereocenters. The number of benzene rings is 2. The summed E-state index contributed by atoms with van der Waals surface area (Å²) >= 11 is -0.764. The maximum absolute atomic E-state index is 12.1. The normalized spacial score (nSPS) is 11.0. The zero-order valence-corrected chi connectivity index (χ0v) is 17.3. The second kappa shape index (κ2) is 10.6. The average molecular weight is 492 g/mol. The molecule has 1 N–H and O–H groups in total. The van der Waals surface area contributed by atoms with Gasteiger partial charge in [0.2, 0.25) is 0 Å². The predicted molar refractivity (Wildman–Crippen MR) is 99.5 cm³/mol. The van der Waals surface area contributed by atoms with E-state index in [-0.39, 0.29) is 12.5 Å². The van der Waals surface area contributed by atoms with Crippen molar-refractivity contribution in [1.29, 1.82) is 0 Å². The van der Waals surface area contributed by atoms with E-state index in [0.717, 1.165) is 5.56 Å². The number of nitrogens with zero attached hydrogens (tertiary/aromatic N) is 2. The number of hydrogen-bond acceptors (Lipinski definition) is 6. The Kier molecular flexibility index (Phi) is 7.56. The molecular formula is C20H19IN3O4-. The van der Waals surface area contributed by atoms with Crippen molar-refractivity contribution in [2.45, 2.75) is 13.2 Å². The van der Waals surface area contributed by atoms with Crippen molar-refractivity contribution in [3.05, 3.63) is 83.2 Å². The van der Waals surface area contributed by atoms with Crippen LogP contribution in [0.25, 0.3) is 0 Å².